The smallest absolute Gasteiger partial charge is 0.308 e. The van der Waals surface area contributed by atoms with Crippen LogP contribution < -0.4 is 9.38 Å². The summed E-state index contributed by atoms with van der Waals surface area (Å²) in [6, 6.07) is 6.63. The van der Waals surface area contributed by atoms with Crippen molar-refractivity contribution in [2.45, 2.75) is 51.4 Å². The van der Waals surface area contributed by atoms with E-state index < -0.39 is 0 Å². The number of likely N-dealkylation sites (N-methyl/N-ethyl adjacent to an activating group) is 1. The molecule has 0 aromatic carbocycles. The van der Waals surface area contributed by atoms with Crippen molar-refractivity contribution in [3.63, 3.8) is 0 Å². The summed E-state index contributed by atoms with van der Waals surface area (Å²) in [6.07, 6.45) is 4.64. The molecule has 2 atom stereocenters. The molecule has 1 aromatic rings. The Morgan fingerprint density at radius 2 is 1.95 bits per heavy atom. The Morgan fingerprint density at radius 1 is 1.20 bits per heavy atom. The van der Waals surface area contributed by atoms with Gasteiger partial charge in [0.25, 0.3) is 5.82 Å². The minimum Gasteiger partial charge on any atom is -0.308 e. The first-order valence-corrected chi connectivity index (χ1v) is 7.97. The Kier molecular flexibility index (Phi) is 3.13. The lowest BCUT2D eigenvalue weighted by molar-refractivity contribution is -0.759. The maximum atomic E-state index is 2.61. The number of nitrogens with zero attached hydrogens (tertiary/aromatic N) is 3. The summed E-state index contributed by atoms with van der Waals surface area (Å²) in [4.78, 5) is 5.16. The van der Waals surface area contributed by atoms with Gasteiger partial charge in [0.05, 0.1) is 18.1 Å². The van der Waals surface area contributed by atoms with E-state index in [1.165, 1.54) is 12.2 Å². The van der Waals surface area contributed by atoms with Crippen molar-refractivity contribution >= 4 is 12.8 Å². The lowest BCUT2D eigenvalue weighted by atomic mass is 9.40. The first-order chi connectivity index (χ1) is 9.49. The zero-order valence-electron chi connectivity index (χ0n) is 13.6. The molecule has 20 heavy (non-hydrogen) atoms. The summed E-state index contributed by atoms with van der Waals surface area (Å²) in [5, 5.41) is 0.256. The van der Waals surface area contributed by atoms with Gasteiger partial charge in [-0.2, -0.15) is 0 Å². The van der Waals surface area contributed by atoms with Gasteiger partial charge in [0.1, 0.15) is 5.54 Å². The fourth-order valence-corrected chi connectivity index (χ4v) is 4.59. The Balaban J connectivity index is 2.27. The molecule has 3 nitrogen and oxygen atoms in total. The maximum Gasteiger partial charge on any atom is 0.474 e. The van der Waals surface area contributed by atoms with Gasteiger partial charge < -0.3 is 4.81 Å². The number of fused-ring (bicyclic) bond motifs is 3. The highest BCUT2D eigenvalue weighted by Gasteiger charge is 2.67. The SMILES string of the molecule is CCC1(C)B2N(C)CCN2c2cccc[n+]2C1(C)CC. The molecule has 0 N–H and O–H groups in total. The Bertz CT molecular complexity index is 520. The van der Waals surface area contributed by atoms with Gasteiger partial charge in [-0.05, 0) is 32.9 Å². The van der Waals surface area contributed by atoms with Crippen molar-refractivity contribution in [1.82, 2.24) is 4.81 Å². The number of rotatable bonds is 2. The predicted octanol–water partition coefficient (Wildman–Crippen LogP) is 2.52. The molecule has 0 bridgehead atoms. The highest BCUT2D eigenvalue weighted by atomic mass is 15.4. The van der Waals surface area contributed by atoms with Crippen LogP contribution >= 0.6 is 0 Å². The van der Waals surface area contributed by atoms with Gasteiger partial charge in [-0.15, -0.1) is 0 Å². The quantitative estimate of drug-likeness (QED) is 0.605. The second-order valence-electron chi connectivity index (χ2n) is 6.87. The molecule has 108 valence electrons. The first-order valence-electron chi connectivity index (χ1n) is 7.97. The van der Waals surface area contributed by atoms with E-state index in [0.29, 0.717) is 6.98 Å². The molecular weight excluding hydrogens is 245 g/mol. The second kappa shape index (κ2) is 4.49. The van der Waals surface area contributed by atoms with Crippen LogP contribution in [0.15, 0.2) is 24.4 Å². The first kappa shape index (κ1) is 13.9. The predicted molar refractivity (Wildman–Crippen MR) is 85.0 cm³/mol. The molecule has 2 unspecified atom stereocenters. The number of anilines is 1. The lowest BCUT2D eigenvalue weighted by Gasteiger charge is -2.51. The fourth-order valence-electron chi connectivity index (χ4n) is 4.59. The Labute approximate surface area is 123 Å². The van der Waals surface area contributed by atoms with Crippen LogP contribution in [0.2, 0.25) is 5.31 Å². The molecule has 2 aliphatic rings. The molecule has 1 fully saturated rings. The van der Waals surface area contributed by atoms with Crippen molar-refractivity contribution in [3.05, 3.63) is 24.4 Å². The third-order valence-electron chi connectivity index (χ3n) is 6.29. The van der Waals surface area contributed by atoms with Crippen molar-refractivity contribution in [2.75, 3.05) is 24.9 Å². The summed E-state index contributed by atoms with van der Waals surface area (Å²) in [7, 11) is 2.28. The highest BCUT2D eigenvalue weighted by molar-refractivity contribution is 6.64. The third-order valence-corrected chi connectivity index (χ3v) is 6.29. The zero-order chi connectivity index (χ0) is 14.5. The van der Waals surface area contributed by atoms with Crippen LogP contribution in [0.4, 0.5) is 5.82 Å². The number of pyridine rings is 1. The van der Waals surface area contributed by atoms with E-state index in [4.69, 9.17) is 0 Å². The molecule has 0 aliphatic carbocycles. The maximum absolute atomic E-state index is 2.61. The standard InChI is InChI=1S/C16H27BN3/c1-6-15(3)16(4,7-2)19-11-9-8-10-14(19)20-13-12-18(5)17(15)20/h8-11H,6-7,12-13H2,1-5H3/q+1. The van der Waals surface area contributed by atoms with E-state index in [2.05, 4.69) is 73.3 Å². The minimum absolute atomic E-state index is 0.165. The van der Waals surface area contributed by atoms with Crippen LogP contribution in [-0.2, 0) is 5.54 Å². The van der Waals surface area contributed by atoms with Crippen molar-refractivity contribution in [2.24, 2.45) is 0 Å². The topological polar surface area (TPSA) is 10.4 Å². The molecule has 4 heteroatoms. The molecule has 0 radical (unpaired) electrons. The van der Waals surface area contributed by atoms with E-state index in [0.717, 1.165) is 19.5 Å². The van der Waals surface area contributed by atoms with Gasteiger partial charge in [-0.1, -0.05) is 26.8 Å². The second-order valence-corrected chi connectivity index (χ2v) is 6.87. The zero-order valence-corrected chi connectivity index (χ0v) is 13.6. The van der Waals surface area contributed by atoms with E-state index in [9.17, 15) is 0 Å². The van der Waals surface area contributed by atoms with Crippen molar-refractivity contribution in [1.29, 1.82) is 0 Å². The van der Waals surface area contributed by atoms with Crippen molar-refractivity contribution < 1.29 is 4.57 Å². The normalized spacial score (nSPS) is 33.2. The summed E-state index contributed by atoms with van der Waals surface area (Å²) in [5.41, 5.74) is 0.165. The van der Waals surface area contributed by atoms with Crippen LogP contribution in [0.3, 0.4) is 0 Å². The summed E-state index contributed by atoms with van der Waals surface area (Å²) < 4.78 is 2.53. The molecule has 0 spiro atoms. The number of hydrogen-bond donors (Lipinski definition) is 0. The van der Waals surface area contributed by atoms with Crippen LogP contribution in [0.1, 0.15) is 40.5 Å². The van der Waals surface area contributed by atoms with Gasteiger partial charge in [0, 0.05) is 12.6 Å². The molecule has 3 rings (SSSR count). The van der Waals surface area contributed by atoms with Crippen LogP contribution in [-0.4, -0.2) is 31.9 Å². The van der Waals surface area contributed by atoms with Crippen LogP contribution in [0.5, 0.6) is 0 Å². The van der Waals surface area contributed by atoms with Crippen LogP contribution in [0.25, 0.3) is 0 Å². The summed E-state index contributed by atoms with van der Waals surface area (Å²) >= 11 is 0. The van der Waals surface area contributed by atoms with Crippen LogP contribution in [0, 0.1) is 0 Å². The molecule has 0 saturated carbocycles. The van der Waals surface area contributed by atoms with E-state index >= 15 is 0 Å². The lowest BCUT2D eigenvalue weighted by Crippen LogP contribution is -2.74. The fraction of sp³-hybridized carbons (Fsp3) is 0.688. The van der Waals surface area contributed by atoms with Gasteiger partial charge in [-0.3, -0.25) is 4.81 Å². The van der Waals surface area contributed by atoms with E-state index in [-0.39, 0.29) is 10.9 Å². The monoisotopic (exact) mass is 272 g/mol. The molecule has 0 amide bonds. The summed E-state index contributed by atoms with van der Waals surface area (Å²) in [5.74, 6) is 1.39. The Morgan fingerprint density at radius 3 is 2.60 bits per heavy atom. The number of aromatic nitrogens is 1. The molecule has 1 aromatic heterocycles. The van der Waals surface area contributed by atoms with Crippen molar-refractivity contribution in [3.8, 4) is 0 Å². The molecule has 2 aliphatic heterocycles. The molecule has 3 heterocycles. The minimum atomic E-state index is 0.165. The van der Waals surface area contributed by atoms with Gasteiger partial charge >= 0.3 is 6.98 Å². The van der Waals surface area contributed by atoms with E-state index in [1.807, 2.05) is 0 Å². The van der Waals surface area contributed by atoms with E-state index in [1.54, 1.807) is 0 Å². The van der Waals surface area contributed by atoms with Gasteiger partial charge in [0.15, 0.2) is 0 Å². The third kappa shape index (κ3) is 1.49. The average Bonchev–Trinajstić information content (AvgIpc) is 2.87. The molecule has 1 saturated heterocycles. The highest BCUT2D eigenvalue weighted by Crippen LogP contribution is 2.54. The largest absolute Gasteiger partial charge is 0.474 e. The number of hydrogen-bond acceptors (Lipinski definition) is 2. The van der Waals surface area contributed by atoms with Gasteiger partial charge in [-0.25, -0.2) is 4.57 Å². The summed E-state index contributed by atoms with van der Waals surface area (Å²) in [6.45, 7) is 12.4. The average molecular weight is 272 g/mol. The van der Waals surface area contributed by atoms with Gasteiger partial charge in [0.2, 0.25) is 0 Å². The Hall–Kier alpha value is -1.03. The molecular formula is C16H27BN3+.